The van der Waals surface area contributed by atoms with Crippen LogP contribution in [0.2, 0.25) is 0 Å². The Morgan fingerprint density at radius 2 is 2.09 bits per heavy atom. The zero-order valence-electron chi connectivity index (χ0n) is 12.7. The Morgan fingerprint density at radius 1 is 1.30 bits per heavy atom. The van der Waals surface area contributed by atoms with Gasteiger partial charge >= 0.3 is 5.97 Å². The Morgan fingerprint density at radius 3 is 2.87 bits per heavy atom. The minimum absolute atomic E-state index is 0.195. The number of benzene rings is 1. The second-order valence-electron chi connectivity index (χ2n) is 5.59. The Hall–Kier alpha value is -2.70. The molecule has 1 aromatic heterocycles. The number of ether oxygens (including phenoxy) is 1. The fraction of sp³-hybridized carbons (Fsp3) is 0.375. The molecule has 1 aliphatic carbocycles. The number of carbonyl (C=O) groups is 2. The summed E-state index contributed by atoms with van der Waals surface area (Å²) in [4.78, 5) is 36.5. The number of H-pyrrole nitrogens is 1. The van der Waals surface area contributed by atoms with Crippen LogP contribution in [-0.4, -0.2) is 35.2 Å². The average Bonchev–Trinajstić information content (AvgIpc) is 3.02. The second kappa shape index (κ2) is 6.20. The van der Waals surface area contributed by atoms with Crippen molar-refractivity contribution < 1.29 is 14.3 Å². The number of carbonyl (C=O) groups excluding carboxylic acids is 2. The molecule has 0 aliphatic heterocycles. The first-order chi connectivity index (χ1) is 11.1. The van der Waals surface area contributed by atoms with Crippen LogP contribution >= 0.6 is 0 Å². The molecule has 1 amide bonds. The molecule has 0 unspecified atom stereocenters. The number of rotatable bonds is 3. The summed E-state index contributed by atoms with van der Waals surface area (Å²) in [5.41, 5.74) is -0.0500. The summed E-state index contributed by atoms with van der Waals surface area (Å²) < 4.78 is 4.76. The van der Waals surface area contributed by atoms with E-state index in [1.54, 1.807) is 24.3 Å². The van der Waals surface area contributed by atoms with Crippen LogP contribution in [0.1, 0.15) is 29.8 Å². The number of fused-ring (bicyclic) bond motifs is 1. The third kappa shape index (κ3) is 2.81. The number of methoxy groups -OCH3 is 1. The van der Waals surface area contributed by atoms with Gasteiger partial charge in [0.15, 0.2) is 5.69 Å². The molecule has 1 heterocycles. The molecule has 1 saturated carbocycles. The average molecular weight is 315 g/mol. The van der Waals surface area contributed by atoms with E-state index in [-0.39, 0.29) is 23.6 Å². The second-order valence-corrected chi connectivity index (χ2v) is 5.59. The molecular formula is C16H17N3O4. The van der Waals surface area contributed by atoms with Gasteiger partial charge in [-0.3, -0.25) is 19.5 Å². The first kappa shape index (κ1) is 15.2. The molecule has 2 atom stereocenters. The molecule has 1 fully saturated rings. The van der Waals surface area contributed by atoms with Gasteiger partial charge in [-0.2, -0.15) is 5.10 Å². The van der Waals surface area contributed by atoms with E-state index in [1.165, 1.54) is 7.11 Å². The lowest BCUT2D eigenvalue weighted by Gasteiger charge is -2.18. The molecule has 2 aromatic rings. The van der Waals surface area contributed by atoms with E-state index in [0.717, 1.165) is 6.42 Å². The van der Waals surface area contributed by atoms with Gasteiger partial charge in [-0.05, 0) is 25.0 Å². The lowest BCUT2D eigenvalue weighted by atomic mass is 10.0. The van der Waals surface area contributed by atoms with Crippen molar-refractivity contribution in [1.29, 1.82) is 0 Å². The van der Waals surface area contributed by atoms with Gasteiger partial charge < -0.3 is 10.1 Å². The van der Waals surface area contributed by atoms with Crippen molar-refractivity contribution in [3.8, 4) is 0 Å². The van der Waals surface area contributed by atoms with Gasteiger partial charge in [0.25, 0.3) is 5.91 Å². The normalized spacial score (nSPS) is 20.4. The number of hydrogen-bond donors (Lipinski definition) is 2. The maximum absolute atomic E-state index is 12.4. The number of hydrogen-bond acceptors (Lipinski definition) is 5. The van der Waals surface area contributed by atoms with Gasteiger partial charge in [0.1, 0.15) is 0 Å². The maximum Gasteiger partial charge on any atom is 0.310 e. The van der Waals surface area contributed by atoms with E-state index in [4.69, 9.17) is 4.74 Å². The van der Waals surface area contributed by atoms with Crippen LogP contribution in [-0.2, 0) is 9.53 Å². The first-order valence-corrected chi connectivity index (χ1v) is 7.48. The van der Waals surface area contributed by atoms with Crippen molar-refractivity contribution in [3.05, 3.63) is 40.2 Å². The van der Waals surface area contributed by atoms with Crippen molar-refractivity contribution in [2.45, 2.75) is 25.3 Å². The molecule has 7 nitrogen and oxygen atoms in total. The summed E-state index contributed by atoms with van der Waals surface area (Å²) in [6.07, 6.45) is 2.17. The predicted molar refractivity (Wildman–Crippen MR) is 83.0 cm³/mol. The van der Waals surface area contributed by atoms with E-state index in [1.807, 2.05) is 0 Å². The summed E-state index contributed by atoms with van der Waals surface area (Å²) in [5.74, 6) is -1.28. The number of esters is 1. The summed E-state index contributed by atoms with van der Waals surface area (Å²) in [7, 11) is 1.33. The molecule has 0 saturated heterocycles. The standard InChI is InChI=1S/C16H17N3O4/c1-23-16(22)10-6-4-8-11(10)17-15(21)13-14(20)9-5-2-3-7-12(9)18-19-13/h2-3,5,7,10-11H,4,6,8H2,1H3,(H,17,21)(H,18,20)/t10-,11+/m1/s1. The molecular weight excluding hydrogens is 298 g/mol. The van der Waals surface area contributed by atoms with Crippen molar-refractivity contribution in [2.75, 3.05) is 7.11 Å². The van der Waals surface area contributed by atoms with Crippen molar-refractivity contribution >= 4 is 22.8 Å². The van der Waals surface area contributed by atoms with E-state index in [9.17, 15) is 14.4 Å². The largest absolute Gasteiger partial charge is 0.469 e. The number of aromatic nitrogens is 2. The Balaban J connectivity index is 1.85. The highest BCUT2D eigenvalue weighted by atomic mass is 16.5. The molecule has 1 aliphatic rings. The van der Waals surface area contributed by atoms with Gasteiger partial charge in [0.2, 0.25) is 5.43 Å². The molecule has 1 aromatic carbocycles. The highest BCUT2D eigenvalue weighted by molar-refractivity contribution is 5.95. The van der Waals surface area contributed by atoms with E-state index >= 15 is 0 Å². The number of para-hydroxylation sites is 1. The fourth-order valence-corrected chi connectivity index (χ4v) is 3.03. The van der Waals surface area contributed by atoms with Crippen molar-refractivity contribution in [2.24, 2.45) is 5.92 Å². The van der Waals surface area contributed by atoms with Crippen LogP contribution in [0.3, 0.4) is 0 Å². The monoisotopic (exact) mass is 315 g/mol. The van der Waals surface area contributed by atoms with Gasteiger partial charge in [0.05, 0.1) is 18.5 Å². The lowest BCUT2D eigenvalue weighted by molar-refractivity contribution is -0.145. The third-order valence-corrected chi connectivity index (χ3v) is 4.23. The van der Waals surface area contributed by atoms with E-state index in [2.05, 4.69) is 15.5 Å². The molecule has 0 bridgehead atoms. The minimum Gasteiger partial charge on any atom is -0.469 e. The van der Waals surface area contributed by atoms with Crippen LogP contribution in [0.25, 0.3) is 10.9 Å². The summed E-state index contributed by atoms with van der Waals surface area (Å²) in [5, 5.41) is 9.73. The van der Waals surface area contributed by atoms with E-state index in [0.29, 0.717) is 23.7 Å². The molecule has 2 N–H and O–H groups in total. The summed E-state index contributed by atoms with van der Waals surface area (Å²) in [6, 6.07) is 6.53. The van der Waals surface area contributed by atoms with Gasteiger partial charge in [-0.25, -0.2) is 0 Å². The van der Waals surface area contributed by atoms with Gasteiger partial charge in [-0.1, -0.05) is 18.6 Å². The predicted octanol–water partition coefficient (Wildman–Crippen LogP) is 0.995. The van der Waals surface area contributed by atoms with Crippen molar-refractivity contribution in [1.82, 2.24) is 15.5 Å². The highest BCUT2D eigenvalue weighted by Crippen LogP contribution is 2.26. The number of nitrogens with zero attached hydrogens (tertiary/aromatic N) is 1. The Bertz CT molecular complexity index is 814. The third-order valence-electron chi connectivity index (χ3n) is 4.23. The molecule has 0 spiro atoms. The topological polar surface area (TPSA) is 101 Å². The number of amides is 1. The molecule has 3 rings (SSSR count). The molecule has 120 valence electrons. The van der Waals surface area contributed by atoms with Crippen LogP contribution in [0.5, 0.6) is 0 Å². The van der Waals surface area contributed by atoms with Crippen molar-refractivity contribution in [3.63, 3.8) is 0 Å². The zero-order chi connectivity index (χ0) is 16.4. The lowest BCUT2D eigenvalue weighted by Crippen LogP contribution is -2.42. The van der Waals surface area contributed by atoms with Crippen LogP contribution in [0.15, 0.2) is 29.1 Å². The molecule has 7 heteroatoms. The maximum atomic E-state index is 12.4. The van der Waals surface area contributed by atoms with Gasteiger partial charge in [-0.15, -0.1) is 0 Å². The Labute approximate surface area is 132 Å². The minimum atomic E-state index is -0.571. The smallest absolute Gasteiger partial charge is 0.310 e. The molecule has 0 radical (unpaired) electrons. The summed E-state index contributed by atoms with van der Waals surface area (Å²) >= 11 is 0. The quantitative estimate of drug-likeness (QED) is 0.823. The van der Waals surface area contributed by atoms with Crippen LogP contribution in [0.4, 0.5) is 0 Å². The van der Waals surface area contributed by atoms with E-state index < -0.39 is 11.3 Å². The SMILES string of the molecule is COC(=O)[C@@H]1CCC[C@@H]1NC(=O)c1n[nH]c2ccccc2c1=O. The first-order valence-electron chi connectivity index (χ1n) is 7.48. The van der Waals surface area contributed by atoms with Crippen LogP contribution in [0, 0.1) is 5.92 Å². The fourth-order valence-electron chi connectivity index (χ4n) is 3.03. The Kier molecular flexibility index (Phi) is 4.10. The molecule has 23 heavy (non-hydrogen) atoms. The summed E-state index contributed by atoms with van der Waals surface area (Å²) in [6.45, 7) is 0. The zero-order valence-corrected chi connectivity index (χ0v) is 12.7. The number of nitrogens with one attached hydrogen (secondary N) is 2. The van der Waals surface area contributed by atoms with Gasteiger partial charge in [0, 0.05) is 11.4 Å². The number of aromatic amines is 1. The van der Waals surface area contributed by atoms with Crippen LogP contribution < -0.4 is 10.7 Å². The highest BCUT2D eigenvalue weighted by Gasteiger charge is 2.35.